The zero-order chi connectivity index (χ0) is 27.2. The van der Waals surface area contributed by atoms with Crippen LogP contribution >= 0.6 is 23.2 Å². The van der Waals surface area contributed by atoms with Gasteiger partial charge in [0.1, 0.15) is 0 Å². The molecule has 0 atom stereocenters. The Labute approximate surface area is 234 Å². The summed E-state index contributed by atoms with van der Waals surface area (Å²) in [4.78, 5) is 30.1. The zero-order valence-corrected chi connectivity index (χ0v) is 23.2. The van der Waals surface area contributed by atoms with Crippen molar-refractivity contribution in [2.75, 3.05) is 17.2 Å². The summed E-state index contributed by atoms with van der Waals surface area (Å²) in [5, 5.41) is 6.86. The molecule has 2 N–H and O–H groups in total. The van der Waals surface area contributed by atoms with Crippen molar-refractivity contribution >= 4 is 46.4 Å². The number of hydrogen-bond acceptors (Lipinski definition) is 3. The lowest BCUT2D eigenvalue weighted by molar-refractivity contribution is -0.113. The SMILES string of the molecule is CCCCN1C(C)=C(C(=O)Nc2ccccc2Cl)C(c2ccccc2)C(C(=O)Nc2ccccc2Cl)=C1C. The molecule has 1 aliphatic heterocycles. The van der Waals surface area contributed by atoms with Gasteiger partial charge in [-0.15, -0.1) is 0 Å². The van der Waals surface area contributed by atoms with Crippen LogP contribution in [0.3, 0.4) is 0 Å². The van der Waals surface area contributed by atoms with Gasteiger partial charge >= 0.3 is 0 Å². The van der Waals surface area contributed by atoms with Crippen molar-refractivity contribution in [2.24, 2.45) is 0 Å². The van der Waals surface area contributed by atoms with E-state index in [1.54, 1.807) is 24.3 Å². The lowest BCUT2D eigenvalue weighted by atomic mass is 9.78. The topological polar surface area (TPSA) is 61.4 Å². The van der Waals surface area contributed by atoms with Gasteiger partial charge in [-0.1, -0.05) is 91.1 Å². The van der Waals surface area contributed by atoms with E-state index in [9.17, 15) is 9.59 Å². The molecule has 5 nitrogen and oxygen atoms in total. The van der Waals surface area contributed by atoms with Crippen LogP contribution in [-0.2, 0) is 9.59 Å². The maximum atomic E-state index is 14.0. The number of nitrogens with one attached hydrogen (secondary N) is 2. The van der Waals surface area contributed by atoms with E-state index in [0.29, 0.717) is 39.1 Å². The minimum Gasteiger partial charge on any atom is -0.348 e. The first-order valence-electron chi connectivity index (χ1n) is 12.7. The van der Waals surface area contributed by atoms with Crippen molar-refractivity contribution in [3.8, 4) is 0 Å². The van der Waals surface area contributed by atoms with Crippen molar-refractivity contribution in [3.63, 3.8) is 0 Å². The molecule has 38 heavy (non-hydrogen) atoms. The Balaban J connectivity index is 1.86. The van der Waals surface area contributed by atoms with Crippen molar-refractivity contribution in [3.05, 3.63) is 117 Å². The van der Waals surface area contributed by atoms with Gasteiger partial charge in [0.05, 0.1) is 21.4 Å². The second kappa shape index (κ2) is 12.3. The van der Waals surface area contributed by atoms with Crippen LogP contribution in [0.4, 0.5) is 11.4 Å². The van der Waals surface area contributed by atoms with Crippen LogP contribution < -0.4 is 10.6 Å². The van der Waals surface area contributed by atoms with Gasteiger partial charge in [0.15, 0.2) is 0 Å². The molecule has 0 bridgehead atoms. The smallest absolute Gasteiger partial charge is 0.254 e. The van der Waals surface area contributed by atoms with E-state index in [2.05, 4.69) is 22.5 Å². The van der Waals surface area contributed by atoms with E-state index in [0.717, 1.165) is 29.8 Å². The summed E-state index contributed by atoms with van der Waals surface area (Å²) in [6.07, 6.45) is 1.88. The molecule has 196 valence electrons. The summed E-state index contributed by atoms with van der Waals surface area (Å²) >= 11 is 12.7. The van der Waals surface area contributed by atoms with Gasteiger partial charge < -0.3 is 15.5 Å². The Morgan fingerprint density at radius 3 is 1.63 bits per heavy atom. The number of allylic oxidation sites excluding steroid dienone is 2. The van der Waals surface area contributed by atoms with E-state index in [4.69, 9.17) is 23.2 Å². The highest BCUT2D eigenvalue weighted by Gasteiger charge is 2.39. The Hall–Kier alpha value is -3.54. The highest BCUT2D eigenvalue weighted by molar-refractivity contribution is 6.34. The van der Waals surface area contributed by atoms with Crippen molar-refractivity contribution < 1.29 is 9.59 Å². The molecule has 4 rings (SSSR count). The predicted octanol–water partition coefficient (Wildman–Crippen LogP) is 8.02. The largest absolute Gasteiger partial charge is 0.348 e. The fraction of sp³-hybridized carbons (Fsp3) is 0.226. The lowest BCUT2D eigenvalue weighted by Gasteiger charge is -2.38. The Morgan fingerprint density at radius 2 is 1.18 bits per heavy atom. The lowest BCUT2D eigenvalue weighted by Crippen LogP contribution is -2.37. The second-order valence-electron chi connectivity index (χ2n) is 9.21. The minimum atomic E-state index is -0.598. The van der Waals surface area contributed by atoms with Gasteiger partial charge in [-0.2, -0.15) is 0 Å². The monoisotopic (exact) mass is 547 g/mol. The number of unbranched alkanes of at least 4 members (excludes halogenated alkanes) is 1. The van der Waals surface area contributed by atoms with Gasteiger partial charge in [0.2, 0.25) is 0 Å². The number of carbonyl (C=O) groups excluding carboxylic acids is 2. The molecule has 0 fully saturated rings. The zero-order valence-electron chi connectivity index (χ0n) is 21.7. The van der Waals surface area contributed by atoms with Crippen molar-refractivity contribution in [2.45, 2.75) is 39.5 Å². The standard InChI is InChI=1S/C31H31Cl2N3O2/c1-4-5-19-36-20(2)27(30(37)34-25-17-11-9-15-23(25)32)29(22-13-7-6-8-14-22)28(21(36)3)31(38)35-26-18-12-10-16-24(26)33/h6-18,29H,4-5,19H2,1-3H3,(H,34,37)(H,35,38). The number of rotatable bonds is 8. The Bertz CT molecular complexity index is 1320. The first-order valence-corrected chi connectivity index (χ1v) is 13.4. The van der Waals surface area contributed by atoms with E-state index >= 15 is 0 Å². The third kappa shape index (κ3) is 5.79. The minimum absolute atomic E-state index is 0.304. The number of halogens is 2. The first-order chi connectivity index (χ1) is 18.3. The molecule has 0 aromatic heterocycles. The maximum Gasteiger partial charge on any atom is 0.254 e. The van der Waals surface area contributed by atoms with E-state index in [-0.39, 0.29) is 11.8 Å². The van der Waals surface area contributed by atoms with Crippen LogP contribution in [0.25, 0.3) is 0 Å². The van der Waals surface area contributed by atoms with Crippen molar-refractivity contribution in [1.82, 2.24) is 4.90 Å². The number of hydrogen-bond donors (Lipinski definition) is 2. The number of carbonyl (C=O) groups is 2. The summed E-state index contributed by atoms with van der Waals surface area (Å²) < 4.78 is 0. The second-order valence-corrected chi connectivity index (χ2v) is 10.0. The molecule has 0 unspecified atom stereocenters. The summed E-state index contributed by atoms with van der Waals surface area (Å²) in [6.45, 7) is 6.69. The molecule has 2 amide bonds. The van der Waals surface area contributed by atoms with Crippen molar-refractivity contribution in [1.29, 1.82) is 0 Å². The van der Waals surface area contributed by atoms with E-state index in [1.807, 2.05) is 68.4 Å². The van der Waals surface area contributed by atoms with Crippen LogP contribution in [0.1, 0.15) is 45.1 Å². The molecule has 1 heterocycles. The summed E-state index contributed by atoms with van der Waals surface area (Å²) in [6, 6.07) is 23.9. The summed E-state index contributed by atoms with van der Waals surface area (Å²) in [7, 11) is 0. The Kier molecular flexibility index (Phi) is 8.93. The molecule has 0 aliphatic carbocycles. The van der Waals surface area contributed by atoms with Crippen LogP contribution in [0.2, 0.25) is 10.0 Å². The molecule has 3 aromatic carbocycles. The number of benzene rings is 3. The number of nitrogens with zero attached hydrogens (tertiary/aromatic N) is 1. The highest BCUT2D eigenvalue weighted by Crippen LogP contribution is 2.43. The quantitative estimate of drug-likeness (QED) is 0.300. The summed E-state index contributed by atoms with van der Waals surface area (Å²) in [5.74, 6) is -1.21. The summed E-state index contributed by atoms with van der Waals surface area (Å²) in [5.41, 5.74) is 4.49. The highest BCUT2D eigenvalue weighted by atomic mass is 35.5. The van der Waals surface area contributed by atoms with Gasteiger partial charge in [-0.3, -0.25) is 9.59 Å². The van der Waals surface area contributed by atoms with E-state index in [1.165, 1.54) is 0 Å². The predicted molar refractivity (Wildman–Crippen MR) is 156 cm³/mol. The fourth-order valence-corrected chi connectivity index (χ4v) is 5.20. The average molecular weight is 549 g/mol. The average Bonchev–Trinajstić information content (AvgIpc) is 2.91. The van der Waals surface area contributed by atoms with Gasteiger partial charge in [0.25, 0.3) is 11.8 Å². The first kappa shape index (κ1) is 27.5. The Morgan fingerprint density at radius 1 is 0.737 bits per heavy atom. The van der Waals surface area contributed by atoms with Gasteiger partial charge in [0, 0.05) is 35.0 Å². The molecule has 0 saturated heterocycles. The molecule has 0 radical (unpaired) electrons. The van der Waals surface area contributed by atoms with Crippen LogP contribution in [-0.4, -0.2) is 23.3 Å². The third-order valence-electron chi connectivity index (χ3n) is 6.77. The normalized spacial score (nSPS) is 14.1. The number of amides is 2. The van der Waals surface area contributed by atoms with Crippen LogP contribution in [0.15, 0.2) is 101 Å². The van der Waals surface area contributed by atoms with Crippen LogP contribution in [0, 0.1) is 0 Å². The molecule has 0 spiro atoms. The van der Waals surface area contributed by atoms with Crippen LogP contribution in [0.5, 0.6) is 0 Å². The van der Waals surface area contributed by atoms with E-state index < -0.39 is 5.92 Å². The maximum absolute atomic E-state index is 14.0. The molecular formula is C31H31Cl2N3O2. The third-order valence-corrected chi connectivity index (χ3v) is 7.43. The molecule has 1 aliphatic rings. The molecule has 7 heteroatoms. The molecule has 3 aromatic rings. The fourth-order valence-electron chi connectivity index (χ4n) is 4.83. The molecule has 0 saturated carbocycles. The van der Waals surface area contributed by atoms with Gasteiger partial charge in [-0.05, 0) is 50.1 Å². The van der Waals surface area contributed by atoms with Gasteiger partial charge in [-0.25, -0.2) is 0 Å². The number of anilines is 2. The molecular weight excluding hydrogens is 517 g/mol. The number of para-hydroxylation sites is 2.